The van der Waals surface area contributed by atoms with Gasteiger partial charge in [0, 0.05) is 11.8 Å². The number of rotatable bonds is 4. The van der Waals surface area contributed by atoms with Crippen molar-refractivity contribution < 1.29 is 9.13 Å². The number of hydrogen-bond donors (Lipinski definition) is 1. The van der Waals surface area contributed by atoms with Gasteiger partial charge in [0.2, 0.25) is 0 Å². The molecule has 0 saturated carbocycles. The molecule has 1 N–H and O–H groups in total. The average Bonchev–Trinajstić information content (AvgIpc) is 2.44. The Morgan fingerprint density at radius 3 is 2.70 bits per heavy atom. The molecule has 0 radical (unpaired) electrons. The van der Waals surface area contributed by atoms with Crippen LogP contribution in [0.1, 0.15) is 18.1 Å². The van der Waals surface area contributed by atoms with Gasteiger partial charge in [-0.05, 0) is 43.7 Å². The molecule has 0 saturated heterocycles. The highest BCUT2D eigenvalue weighted by Gasteiger charge is 2.06. The third-order valence-corrected chi connectivity index (χ3v) is 2.81. The summed E-state index contributed by atoms with van der Waals surface area (Å²) >= 11 is 0. The summed E-state index contributed by atoms with van der Waals surface area (Å²) in [5, 5.41) is 12.1. The lowest BCUT2D eigenvalue weighted by atomic mass is 10.1. The molecular formula is C16H15FN2O. The molecule has 2 aromatic rings. The first-order valence-corrected chi connectivity index (χ1v) is 6.34. The van der Waals surface area contributed by atoms with E-state index in [1.807, 2.05) is 19.1 Å². The van der Waals surface area contributed by atoms with Gasteiger partial charge in [-0.2, -0.15) is 5.26 Å². The fourth-order valence-electron chi connectivity index (χ4n) is 1.87. The van der Waals surface area contributed by atoms with E-state index in [4.69, 9.17) is 10.00 Å². The van der Waals surface area contributed by atoms with E-state index < -0.39 is 5.82 Å². The zero-order chi connectivity index (χ0) is 14.5. The summed E-state index contributed by atoms with van der Waals surface area (Å²) in [6.07, 6.45) is 0. The second-order valence-electron chi connectivity index (χ2n) is 4.36. The van der Waals surface area contributed by atoms with Crippen molar-refractivity contribution in [1.29, 1.82) is 5.26 Å². The highest BCUT2D eigenvalue weighted by Crippen LogP contribution is 2.25. The monoisotopic (exact) mass is 270 g/mol. The molecule has 2 rings (SSSR count). The maximum Gasteiger partial charge on any atom is 0.167 e. The number of nitrogens with zero attached hydrogens (tertiary/aromatic N) is 1. The molecule has 3 nitrogen and oxygen atoms in total. The first kappa shape index (κ1) is 13.9. The van der Waals surface area contributed by atoms with Crippen LogP contribution in [-0.2, 0) is 0 Å². The number of benzene rings is 2. The second-order valence-corrected chi connectivity index (χ2v) is 4.36. The third-order valence-electron chi connectivity index (χ3n) is 2.81. The molecule has 0 aliphatic rings. The Labute approximate surface area is 117 Å². The van der Waals surface area contributed by atoms with Crippen molar-refractivity contribution in [1.82, 2.24) is 0 Å². The number of nitrogens with one attached hydrogen (secondary N) is 1. The van der Waals surface area contributed by atoms with Crippen LogP contribution >= 0.6 is 0 Å². The number of nitriles is 1. The standard InChI is InChI=1S/C16H15FN2O/c1-3-20-16-7-5-13(9-14(16)17)19-15-6-4-11(2)8-12(15)10-18/h4-9,19H,3H2,1-2H3. The van der Waals surface area contributed by atoms with E-state index in [-0.39, 0.29) is 5.75 Å². The molecule has 20 heavy (non-hydrogen) atoms. The Kier molecular flexibility index (Phi) is 4.21. The van der Waals surface area contributed by atoms with E-state index in [1.165, 1.54) is 6.07 Å². The summed E-state index contributed by atoms with van der Waals surface area (Å²) in [5.41, 5.74) is 2.76. The van der Waals surface area contributed by atoms with Gasteiger partial charge >= 0.3 is 0 Å². The van der Waals surface area contributed by atoms with Crippen molar-refractivity contribution in [3.05, 3.63) is 53.3 Å². The van der Waals surface area contributed by atoms with Crippen LogP contribution in [0, 0.1) is 24.1 Å². The average molecular weight is 270 g/mol. The van der Waals surface area contributed by atoms with Crippen molar-refractivity contribution >= 4 is 11.4 Å². The summed E-state index contributed by atoms with van der Waals surface area (Å²) in [4.78, 5) is 0. The third kappa shape index (κ3) is 3.07. The molecule has 0 spiro atoms. The van der Waals surface area contributed by atoms with Gasteiger partial charge in [-0.1, -0.05) is 6.07 Å². The van der Waals surface area contributed by atoms with Crippen LogP contribution in [0.25, 0.3) is 0 Å². The predicted molar refractivity (Wildman–Crippen MR) is 76.7 cm³/mol. The van der Waals surface area contributed by atoms with E-state index in [0.29, 0.717) is 23.5 Å². The van der Waals surface area contributed by atoms with Gasteiger partial charge in [0.1, 0.15) is 6.07 Å². The molecule has 4 heteroatoms. The zero-order valence-corrected chi connectivity index (χ0v) is 11.4. The fourth-order valence-corrected chi connectivity index (χ4v) is 1.87. The smallest absolute Gasteiger partial charge is 0.167 e. The molecule has 0 unspecified atom stereocenters. The molecule has 0 bridgehead atoms. The van der Waals surface area contributed by atoms with Crippen molar-refractivity contribution in [2.24, 2.45) is 0 Å². The number of halogens is 1. The van der Waals surface area contributed by atoms with Gasteiger partial charge in [-0.15, -0.1) is 0 Å². The normalized spacial score (nSPS) is 9.90. The van der Waals surface area contributed by atoms with E-state index in [2.05, 4.69) is 11.4 Å². The summed E-state index contributed by atoms with van der Waals surface area (Å²) in [5.74, 6) is -0.204. The Morgan fingerprint density at radius 1 is 1.25 bits per heavy atom. The largest absolute Gasteiger partial charge is 0.491 e. The van der Waals surface area contributed by atoms with E-state index >= 15 is 0 Å². The molecular weight excluding hydrogens is 255 g/mol. The van der Waals surface area contributed by atoms with E-state index in [0.717, 1.165) is 5.56 Å². The Hall–Kier alpha value is -2.54. The SMILES string of the molecule is CCOc1ccc(Nc2ccc(C)cc2C#N)cc1F. The minimum Gasteiger partial charge on any atom is -0.491 e. The Morgan fingerprint density at radius 2 is 2.05 bits per heavy atom. The molecule has 102 valence electrons. The molecule has 0 fully saturated rings. The van der Waals surface area contributed by atoms with Gasteiger partial charge in [0.15, 0.2) is 11.6 Å². The van der Waals surface area contributed by atoms with Crippen LogP contribution in [0.15, 0.2) is 36.4 Å². The van der Waals surface area contributed by atoms with Crippen LogP contribution < -0.4 is 10.1 Å². The minimum atomic E-state index is -0.428. The molecule has 0 atom stereocenters. The van der Waals surface area contributed by atoms with Crippen LogP contribution in [0.4, 0.5) is 15.8 Å². The number of anilines is 2. The van der Waals surface area contributed by atoms with Crippen molar-refractivity contribution in [3.8, 4) is 11.8 Å². The minimum absolute atomic E-state index is 0.225. The highest BCUT2D eigenvalue weighted by molar-refractivity contribution is 5.67. The first-order chi connectivity index (χ1) is 9.63. The van der Waals surface area contributed by atoms with Crippen molar-refractivity contribution in [2.75, 3.05) is 11.9 Å². The topological polar surface area (TPSA) is 45.0 Å². The lowest BCUT2D eigenvalue weighted by Crippen LogP contribution is -1.98. The second kappa shape index (κ2) is 6.07. The number of aryl methyl sites for hydroxylation is 1. The van der Waals surface area contributed by atoms with Crippen LogP contribution in [-0.4, -0.2) is 6.61 Å². The number of ether oxygens (including phenoxy) is 1. The predicted octanol–water partition coefficient (Wildman–Crippen LogP) is 4.15. The van der Waals surface area contributed by atoms with Crippen molar-refractivity contribution in [2.45, 2.75) is 13.8 Å². The van der Waals surface area contributed by atoms with Crippen LogP contribution in [0.2, 0.25) is 0 Å². The Balaban J connectivity index is 2.27. The van der Waals surface area contributed by atoms with Gasteiger partial charge in [0.25, 0.3) is 0 Å². The van der Waals surface area contributed by atoms with Gasteiger partial charge in [-0.25, -0.2) is 4.39 Å². The van der Waals surface area contributed by atoms with Crippen LogP contribution in [0.5, 0.6) is 5.75 Å². The Bertz CT molecular complexity index is 662. The van der Waals surface area contributed by atoms with Crippen molar-refractivity contribution in [3.63, 3.8) is 0 Å². The molecule has 0 aliphatic carbocycles. The van der Waals surface area contributed by atoms with E-state index in [1.54, 1.807) is 25.1 Å². The molecule has 0 heterocycles. The zero-order valence-electron chi connectivity index (χ0n) is 11.4. The molecule has 0 aromatic heterocycles. The highest BCUT2D eigenvalue weighted by atomic mass is 19.1. The summed E-state index contributed by atoms with van der Waals surface area (Å²) < 4.78 is 18.9. The lowest BCUT2D eigenvalue weighted by Gasteiger charge is -2.11. The molecule has 0 amide bonds. The van der Waals surface area contributed by atoms with Gasteiger partial charge in [0.05, 0.1) is 17.9 Å². The van der Waals surface area contributed by atoms with Gasteiger partial charge < -0.3 is 10.1 Å². The summed E-state index contributed by atoms with van der Waals surface area (Å²) in [6, 6.07) is 12.3. The maximum atomic E-state index is 13.8. The van der Waals surface area contributed by atoms with E-state index in [9.17, 15) is 4.39 Å². The summed E-state index contributed by atoms with van der Waals surface area (Å²) in [6.45, 7) is 4.14. The first-order valence-electron chi connectivity index (χ1n) is 6.34. The molecule has 2 aromatic carbocycles. The lowest BCUT2D eigenvalue weighted by molar-refractivity contribution is 0.321. The summed E-state index contributed by atoms with van der Waals surface area (Å²) in [7, 11) is 0. The quantitative estimate of drug-likeness (QED) is 0.907. The fraction of sp³-hybridized carbons (Fsp3) is 0.188. The maximum absolute atomic E-state index is 13.8. The number of hydrogen-bond acceptors (Lipinski definition) is 3. The van der Waals surface area contributed by atoms with Crippen LogP contribution in [0.3, 0.4) is 0 Å². The van der Waals surface area contributed by atoms with Gasteiger partial charge in [-0.3, -0.25) is 0 Å². The molecule has 0 aliphatic heterocycles.